The van der Waals surface area contributed by atoms with Crippen LogP contribution in [0.4, 0.5) is 5.69 Å². The Hall–Kier alpha value is -2.88. The van der Waals surface area contributed by atoms with Gasteiger partial charge in [-0.3, -0.25) is 9.59 Å². The Morgan fingerprint density at radius 3 is 2.37 bits per heavy atom. The lowest BCUT2D eigenvalue weighted by Crippen LogP contribution is -2.26. The highest BCUT2D eigenvalue weighted by atomic mass is 16.1. The Balaban J connectivity index is 1.86. The number of carbonyl (C=O) groups excluding carboxylic acids is 1. The summed E-state index contributed by atoms with van der Waals surface area (Å²) in [5, 5.41) is 4.34. The number of amides is 1. The van der Waals surface area contributed by atoms with Crippen LogP contribution in [0.3, 0.4) is 0 Å². The smallest absolute Gasteiger partial charge is 0.258 e. The SMILES string of the molecule is Cc1ccc(CC(=O)Nc2cccc3c(=O)n(CC(C)(C)C)ccc23)cc1. The molecule has 0 aliphatic heterocycles. The first-order valence-corrected chi connectivity index (χ1v) is 9.20. The van der Waals surface area contributed by atoms with Crippen LogP contribution in [-0.4, -0.2) is 10.5 Å². The van der Waals surface area contributed by atoms with Gasteiger partial charge >= 0.3 is 0 Å². The highest BCUT2D eigenvalue weighted by Gasteiger charge is 2.14. The quantitative estimate of drug-likeness (QED) is 0.741. The maximum atomic E-state index is 12.8. The van der Waals surface area contributed by atoms with Crippen LogP contribution in [0.2, 0.25) is 0 Å². The van der Waals surface area contributed by atoms with Gasteiger partial charge in [0.2, 0.25) is 5.91 Å². The van der Waals surface area contributed by atoms with Crippen molar-refractivity contribution < 1.29 is 4.79 Å². The molecule has 1 N–H and O–H groups in total. The maximum absolute atomic E-state index is 12.8. The minimum absolute atomic E-state index is 0.0113. The van der Waals surface area contributed by atoms with Gasteiger partial charge in [-0.2, -0.15) is 0 Å². The van der Waals surface area contributed by atoms with Crippen molar-refractivity contribution in [3.05, 3.63) is 76.2 Å². The van der Waals surface area contributed by atoms with Crippen LogP contribution in [-0.2, 0) is 17.8 Å². The number of hydrogen-bond donors (Lipinski definition) is 1. The molecule has 2 aromatic carbocycles. The summed E-state index contributed by atoms with van der Waals surface area (Å²) in [7, 11) is 0. The molecule has 4 nitrogen and oxygen atoms in total. The molecule has 0 aliphatic carbocycles. The molecule has 0 spiro atoms. The van der Waals surface area contributed by atoms with Crippen molar-refractivity contribution in [2.45, 2.75) is 40.7 Å². The second-order valence-corrected chi connectivity index (χ2v) is 8.29. The molecular formula is C23H26N2O2. The first-order chi connectivity index (χ1) is 12.7. The van der Waals surface area contributed by atoms with Gasteiger partial charge in [-0.25, -0.2) is 0 Å². The van der Waals surface area contributed by atoms with Gasteiger partial charge in [0, 0.05) is 29.2 Å². The van der Waals surface area contributed by atoms with Crippen LogP contribution in [0, 0.1) is 12.3 Å². The van der Waals surface area contributed by atoms with Gasteiger partial charge in [-0.05, 0) is 36.1 Å². The third-order valence-electron chi connectivity index (χ3n) is 4.42. The third-order valence-corrected chi connectivity index (χ3v) is 4.42. The summed E-state index contributed by atoms with van der Waals surface area (Å²) in [6.45, 7) is 8.97. The molecule has 27 heavy (non-hydrogen) atoms. The summed E-state index contributed by atoms with van der Waals surface area (Å²) in [5.41, 5.74) is 2.78. The van der Waals surface area contributed by atoms with Gasteiger partial charge < -0.3 is 9.88 Å². The summed E-state index contributed by atoms with van der Waals surface area (Å²) in [4.78, 5) is 25.3. The van der Waals surface area contributed by atoms with E-state index in [0.29, 0.717) is 24.0 Å². The normalized spacial score (nSPS) is 11.6. The van der Waals surface area contributed by atoms with Crippen molar-refractivity contribution in [3.63, 3.8) is 0 Å². The van der Waals surface area contributed by atoms with E-state index in [4.69, 9.17) is 0 Å². The Bertz CT molecular complexity index is 1020. The Kier molecular flexibility index (Phi) is 5.17. The van der Waals surface area contributed by atoms with Crippen LogP contribution in [0.15, 0.2) is 59.5 Å². The summed E-state index contributed by atoms with van der Waals surface area (Å²) >= 11 is 0. The fourth-order valence-electron chi connectivity index (χ4n) is 3.15. The lowest BCUT2D eigenvalue weighted by Gasteiger charge is -2.20. The van der Waals surface area contributed by atoms with E-state index in [0.717, 1.165) is 10.9 Å². The summed E-state index contributed by atoms with van der Waals surface area (Å²) in [6.07, 6.45) is 2.11. The number of hydrogen-bond acceptors (Lipinski definition) is 2. The number of nitrogens with zero attached hydrogens (tertiary/aromatic N) is 1. The van der Waals surface area contributed by atoms with E-state index >= 15 is 0 Å². The highest BCUT2D eigenvalue weighted by Crippen LogP contribution is 2.22. The molecule has 3 aromatic rings. The van der Waals surface area contributed by atoms with Crippen molar-refractivity contribution >= 4 is 22.4 Å². The average Bonchev–Trinajstić information content (AvgIpc) is 2.59. The zero-order valence-corrected chi connectivity index (χ0v) is 16.4. The first-order valence-electron chi connectivity index (χ1n) is 9.20. The summed E-state index contributed by atoms with van der Waals surface area (Å²) < 4.78 is 1.74. The summed E-state index contributed by atoms with van der Waals surface area (Å²) in [5.74, 6) is -0.0924. The van der Waals surface area contributed by atoms with Gasteiger partial charge in [-0.15, -0.1) is 0 Å². The second-order valence-electron chi connectivity index (χ2n) is 8.29. The van der Waals surface area contributed by atoms with Crippen molar-refractivity contribution in [1.82, 2.24) is 4.57 Å². The van der Waals surface area contributed by atoms with Gasteiger partial charge in [0.05, 0.1) is 6.42 Å². The minimum Gasteiger partial charge on any atom is -0.325 e. The van der Waals surface area contributed by atoms with Crippen molar-refractivity contribution in [2.75, 3.05) is 5.32 Å². The van der Waals surface area contributed by atoms with Crippen LogP contribution in [0.5, 0.6) is 0 Å². The van der Waals surface area contributed by atoms with Gasteiger partial charge in [0.15, 0.2) is 0 Å². The van der Waals surface area contributed by atoms with E-state index < -0.39 is 0 Å². The highest BCUT2D eigenvalue weighted by molar-refractivity contribution is 6.02. The lowest BCUT2D eigenvalue weighted by atomic mass is 9.96. The van der Waals surface area contributed by atoms with Crippen molar-refractivity contribution in [2.24, 2.45) is 5.41 Å². The van der Waals surface area contributed by atoms with Crippen LogP contribution in [0.1, 0.15) is 31.9 Å². The van der Waals surface area contributed by atoms with E-state index in [1.807, 2.05) is 61.7 Å². The molecule has 0 saturated carbocycles. The van der Waals surface area contributed by atoms with Gasteiger partial charge in [-0.1, -0.05) is 56.7 Å². The topological polar surface area (TPSA) is 51.1 Å². The van der Waals surface area contributed by atoms with E-state index in [9.17, 15) is 9.59 Å². The fraction of sp³-hybridized carbons (Fsp3) is 0.304. The number of benzene rings is 2. The number of carbonyl (C=O) groups is 1. The third kappa shape index (κ3) is 4.64. The predicted octanol–water partition coefficient (Wildman–Crippen LogP) is 4.54. The van der Waals surface area contributed by atoms with E-state index in [1.54, 1.807) is 4.57 Å². The molecule has 1 heterocycles. The maximum Gasteiger partial charge on any atom is 0.258 e. The molecule has 0 unspecified atom stereocenters. The molecule has 0 atom stereocenters. The van der Waals surface area contributed by atoms with E-state index in [2.05, 4.69) is 26.1 Å². The number of pyridine rings is 1. The first kappa shape index (κ1) is 18.9. The lowest BCUT2D eigenvalue weighted by molar-refractivity contribution is -0.115. The number of aryl methyl sites for hydroxylation is 1. The molecular weight excluding hydrogens is 336 g/mol. The molecule has 4 heteroatoms. The van der Waals surface area contributed by atoms with E-state index in [-0.39, 0.29) is 16.9 Å². The number of rotatable bonds is 4. The zero-order chi connectivity index (χ0) is 19.6. The average molecular weight is 362 g/mol. The molecule has 0 radical (unpaired) electrons. The number of fused-ring (bicyclic) bond motifs is 1. The molecule has 0 bridgehead atoms. The molecule has 0 fully saturated rings. The molecule has 1 amide bonds. The molecule has 140 valence electrons. The van der Waals surface area contributed by atoms with Gasteiger partial charge in [0.1, 0.15) is 0 Å². The minimum atomic E-state index is -0.0924. The predicted molar refractivity (Wildman–Crippen MR) is 111 cm³/mol. The number of anilines is 1. The van der Waals surface area contributed by atoms with E-state index in [1.165, 1.54) is 5.56 Å². The Labute approximate surface area is 159 Å². The standard InChI is InChI=1S/C23H26N2O2/c1-16-8-10-17(11-9-16)14-21(26)24-20-7-5-6-19-18(20)12-13-25(22(19)27)15-23(2,3)4/h5-13H,14-15H2,1-4H3,(H,24,26). The molecule has 0 aliphatic rings. The Morgan fingerprint density at radius 1 is 1.00 bits per heavy atom. The van der Waals surface area contributed by atoms with Crippen molar-refractivity contribution in [1.29, 1.82) is 0 Å². The zero-order valence-electron chi connectivity index (χ0n) is 16.4. The summed E-state index contributed by atoms with van der Waals surface area (Å²) in [6, 6.07) is 15.3. The second kappa shape index (κ2) is 7.39. The largest absolute Gasteiger partial charge is 0.325 e. The van der Waals surface area contributed by atoms with Crippen molar-refractivity contribution in [3.8, 4) is 0 Å². The van der Waals surface area contributed by atoms with Crippen LogP contribution >= 0.6 is 0 Å². The van der Waals surface area contributed by atoms with Crippen LogP contribution < -0.4 is 10.9 Å². The van der Waals surface area contributed by atoms with Gasteiger partial charge in [0.25, 0.3) is 5.56 Å². The number of aromatic nitrogens is 1. The number of nitrogens with one attached hydrogen (secondary N) is 1. The Morgan fingerprint density at radius 2 is 1.70 bits per heavy atom. The fourth-order valence-corrected chi connectivity index (χ4v) is 3.15. The molecule has 3 rings (SSSR count). The molecule has 1 aromatic heterocycles. The molecule has 0 saturated heterocycles. The van der Waals surface area contributed by atoms with Crippen LogP contribution in [0.25, 0.3) is 10.8 Å². The monoisotopic (exact) mass is 362 g/mol.